The fourth-order valence-corrected chi connectivity index (χ4v) is 7.67. The highest BCUT2D eigenvalue weighted by atomic mass is 16.6. The number of carboxylic acid groups (broad SMARTS) is 1. The summed E-state index contributed by atoms with van der Waals surface area (Å²) in [6, 6.07) is 16.4. The molecule has 0 radical (unpaired) electrons. The van der Waals surface area contributed by atoms with Crippen LogP contribution >= 0.6 is 0 Å². The van der Waals surface area contributed by atoms with E-state index in [1.807, 2.05) is 55.9 Å². The number of carbonyl (C=O) groups is 2. The van der Waals surface area contributed by atoms with Crippen LogP contribution in [0.2, 0.25) is 0 Å². The normalized spacial score (nSPS) is 20.8. The highest BCUT2D eigenvalue weighted by Gasteiger charge is 2.46. The number of piperidine rings is 1. The fraction of sp³-hybridized carbons (Fsp3) is 0.513. The van der Waals surface area contributed by atoms with E-state index in [-0.39, 0.29) is 35.6 Å². The van der Waals surface area contributed by atoms with Crippen LogP contribution in [0.1, 0.15) is 119 Å². The molecule has 1 saturated heterocycles. The number of benzene rings is 2. The number of aromatic carboxylic acids is 1. The Bertz CT molecular complexity index is 1830. The molecule has 3 atom stereocenters. The zero-order valence-corrected chi connectivity index (χ0v) is 29.5. The van der Waals surface area contributed by atoms with Crippen LogP contribution in [0.25, 0.3) is 16.8 Å². The monoisotopic (exact) mass is 680 g/mol. The Morgan fingerprint density at radius 1 is 0.940 bits per heavy atom. The quantitative estimate of drug-likeness (QED) is 0.189. The van der Waals surface area contributed by atoms with E-state index in [1.165, 1.54) is 38.3 Å². The maximum absolute atomic E-state index is 12.5. The highest BCUT2D eigenvalue weighted by Crippen LogP contribution is 2.55. The summed E-state index contributed by atoms with van der Waals surface area (Å²) in [6.45, 7) is 8.99. The molecule has 2 aliphatic carbocycles. The van der Waals surface area contributed by atoms with E-state index in [0.717, 1.165) is 47.5 Å². The number of carboxylic acids is 1. The summed E-state index contributed by atoms with van der Waals surface area (Å²) in [5.41, 5.74) is 4.05. The van der Waals surface area contributed by atoms with E-state index in [0.29, 0.717) is 24.7 Å². The maximum atomic E-state index is 12.5. The zero-order chi connectivity index (χ0) is 35.0. The molecule has 0 spiro atoms. The van der Waals surface area contributed by atoms with Gasteiger partial charge < -0.3 is 19.5 Å². The summed E-state index contributed by atoms with van der Waals surface area (Å²) in [4.78, 5) is 26.7. The molecule has 2 aromatic carbocycles. The van der Waals surface area contributed by atoms with Gasteiger partial charge in [-0.25, -0.2) is 19.0 Å². The molecule has 0 unspecified atom stereocenters. The van der Waals surface area contributed by atoms with Crippen molar-refractivity contribution in [3.8, 4) is 22.6 Å². The molecule has 1 N–H and O–H groups in total. The molecular formula is C39H48N6O5. The van der Waals surface area contributed by atoms with E-state index >= 15 is 0 Å². The molecule has 264 valence electrons. The number of likely N-dealkylation sites (tertiary alicyclic amines) is 1. The van der Waals surface area contributed by atoms with E-state index < -0.39 is 11.6 Å². The molecule has 3 fully saturated rings. The summed E-state index contributed by atoms with van der Waals surface area (Å²) in [7, 11) is 0. The largest absolute Gasteiger partial charge is 0.490 e. The Kier molecular flexibility index (Phi) is 9.41. The summed E-state index contributed by atoms with van der Waals surface area (Å²) in [6.07, 6.45) is 12.0. The van der Waals surface area contributed by atoms with Gasteiger partial charge in [0.15, 0.2) is 0 Å². The van der Waals surface area contributed by atoms with Crippen molar-refractivity contribution in [2.24, 2.45) is 5.92 Å². The number of carbonyl (C=O) groups excluding carboxylic acids is 1. The second-order valence-electron chi connectivity index (χ2n) is 15.2. The average molecular weight is 681 g/mol. The predicted molar refractivity (Wildman–Crippen MR) is 189 cm³/mol. The number of hydrogen-bond donors (Lipinski definition) is 1. The summed E-state index contributed by atoms with van der Waals surface area (Å²) >= 11 is 0. The van der Waals surface area contributed by atoms with Gasteiger partial charge in [-0.1, -0.05) is 48.7 Å². The van der Waals surface area contributed by atoms with Crippen molar-refractivity contribution in [3.63, 3.8) is 0 Å². The van der Waals surface area contributed by atoms with E-state index in [9.17, 15) is 14.7 Å². The van der Waals surface area contributed by atoms with Crippen molar-refractivity contribution in [2.45, 2.75) is 109 Å². The molecule has 11 nitrogen and oxygen atoms in total. The standard InChI is InChI=1S/C39H48N6O5/c1-25(26-10-6-5-7-11-26)49-31-15-9-13-28(21-31)27-12-8-14-30(20-27)45-36(34(23-40-45)37(46)47)33-22-32(33)35-24-44(42-41-35)29-16-18-43(19-17-29)38(48)50-39(2,3)4/h8-9,12-15,20-21,23-26,29,32-33H,5-7,10-11,16-19,22H2,1-4H3,(H,46,47)/t25-,32+,33+/m0/s1. The lowest BCUT2D eigenvalue weighted by atomic mass is 9.86. The first-order valence-corrected chi connectivity index (χ1v) is 18.1. The molecule has 7 rings (SSSR count). The summed E-state index contributed by atoms with van der Waals surface area (Å²) < 4.78 is 15.7. The minimum absolute atomic E-state index is 0.0438. The third kappa shape index (κ3) is 7.41. The van der Waals surface area contributed by atoms with Gasteiger partial charge in [-0.3, -0.25) is 0 Å². The molecule has 4 aromatic rings. The third-order valence-corrected chi connectivity index (χ3v) is 10.5. The van der Waals surface area contributed by atoms with Gasteiger partial charge >= 0.3 is 12.1 Å². The number of amides is 1. The Morgan fingerprint density at radius 3 is 2.38 bits per heavy atom. The Morgan fingerprint density at radius 2 is 1.66 bits per heavy atom. The van der Waals surface area contributed by atoms with E-state index in [2.05, 4.69) is 46.6 Å². The topological polar surface area (TPSA) is 125 Å². The van der Waals surface area contributed by atoms with Gasteiger partial charge in [0.2, 0.25) is 0 Å². The van der Waals surface area contributed by atoms with Crippen molar-refractivity contribution in [1.29, 1.82) is 0 Å². The molecule has 1 amide bonds. The zero-order valence-electron chi connectivity index (χ0n) is 29.5. The molecule has 11 heteroatoms. The van der Waals surface area contributed by atoms with Crippen molar-refractivity contribution < 1.29 is 24.2 Å². The second-order valence-corrected chi connectivity index (χ2v) is 15.2. The van der Waals surface area contributed by atoms with Crippen molar-refractivity contribution in [2.75, 3.05) is 13.1 Å². The number of rotatable bonds is 9. The van der Waals surface area contributed by atoms with Gasteiger partial charge in [0.05, 0.1) is 35.4 Å². The lowest BCUT2D eigenvalue weighted by Gasteiger charge is -2.33. The minimum atomic E-state index is -0.995. The van der Waals surface area contributed by atoms with Crippen LogP contribution in [0.4, 0.5) is 4.79 Å². The van der Waals surface area contributed by atoms with Crippen molar-refractivity contribution >= 4 is 12.1 Å². The summed E-state index contributed by atoms with van der Waals surface area (Å²) in [5.74, 6) is 0.454. The molecular weight excluding hydrogens is 632 g/mol. The first-order valence-electron chi connectivity index (χ1n) is 18.1. The SMILES string of the molecule is C[C@H](Oc1cccc(-c2cccc(-n3ncc(C(=O)O)c3[C@@H]3C[C@H]3c3cn(C4CCN(C(=O)OC(C)(C)C)CC4)nn3)c2)c1)C1CCCCC1. The van der Waals surface area contributed by atoms with Crippen LogP contribution in [0.3, 0.4) is 0 Å². The van der Waals surface area contributed by atoms with E-state index in [4.69, 9.17) is 9.47 Å². The van der Waals surface area contributed by atoms with Crippen LogP contribution in [0.5, 0.6) is 5.75 Å². The van der Waals surface area contributed by atoms with Crippen LogP contribution in [-0.2, 0) is 4.74 Å². The van der Waals surface area contributed by atoms with Gasteiger partial charge in [0.1, 0.15) is 16.9 Å². The number of ether oxygens (including phenoxy) is 2. The highest BCUT2D eigenvalue weighted by molar-refractivity contribution is 5.89. The first-order chi connectivity index (χ1) is 24.0. The second kappa shape index (κ2) is 13.9. The van der Waals surface area contributed by atoms with Crippen molar-refractivity contribution in [1.82, 2.24) is 29.7 Å². The van der Waals surface area contributed by atoms with Crippen molar-refractivity contribution in [3.05, 3.63) is 77.9 Å². The van der Waals surface area contributed by atoms with Gasteiger partial charge in [-0.05, 0) is 101 Å². The first kappa shape index (κ1) is 33.8. The maximum Gasteiger partial charge on any atom is 0.410 e. The molecule has 2 saturated carbocycles. The van der Waals surface area contributed by atoms with Crippen LogP contribution in [-0.4, -0.2) is 71.6 Å². The number of aromatic nitrogens is 5. The fourth-order valence-electron chi connectivity index (χ4n) is 7.67. The molecule has 0 bridgehead atoms. The molecule has 2 aromatic heterocycles. The lowest BCUT2D eigenvalue weighted by Crippen LogP contribution is -2.42. The Hall–Kier alpha value is -4.67. The van der Waals surface area contributed by atoms with Crippen LogP contribution < -0.4 is 4.74 Å². The molecule has 50 heavy (non-hydrogen) atoms. The Labute approximate surface area is 293 Å². The lowest BCUT2D eigenvalue weighted by molar-refractivity contribution is 0.0184. The van der Waals surface area contributed by atoms with Gasteiger partial charge in [-0.15, -0.1) is 5.10 Å². The van der Waals surface area contributed by atoms with Gasteiger partial charge in [-0.2, -0.15) is 5.10 Å². The smallest absolute Gasteiger partial charge is 0.410 e. The summed E-state index contributed by atoms with van der Waals surface area (Å²) in [5, 5.41) is 23.7. The molecule has 1 aliphatic heterocycles. The molecule has 3 heterocycles. The van der Waals surface area contributed by atoms with Crippen LogP contribution in [0, 0.1) is 5.92 Å². The van der Waals surface area contributed by atoms with Gasteiger partial charge in [0, 0.05) is 31.1 Å². The Balaban J connectivity index is 1.06. The molecule has 3 aliphatic rings. The number of nitrogens with zero attached hydrogens (tertiary/aromatic N) is 6. The third-order valence-electron chi connectivity index (χ3n) is 10.5. The predicted octanol–water partition coefficient (Wildman–Crippen LogP) is 8.02. The van der Waals surface area contributed by atoms with E-state index in [1.54, 1.807) is 9.58 Å². The average Bonchev–Trinajstić information content (AvgIpc) is 3.51. The minimum Gasteiger partial charge on any atom is -0.490 e. The van der Waals surface area contributed by atoms with Crippen LogP contribution in [0.15, 0.2) is 60.9 Å². The number of hydrogen-bond acceptors (Lipinski definition) is 7. The van der Waals surface area contributed by atoms with Gasteiger partial charge in [0.25, 0.3) is 0 Å².